The number of hydrogen-bond acceptors (Lipinski definition) is 3. The van der Waals surface area contributed by atoms with Crippen molar-refractivity contribution >= 4 is 28.8 Å². The molecule has 0 aliphatic carbocycles. The van der Waals surface area contributed by atoms with Crippen LogP contribution in [0.1, 0.15) is 22.3 Å². The Bertz CT molecular complexity index is 1210. The third-order valence-corrected chi connectivity index (χ3v) is 5.20. The van der Waals surface area contributed by atoms with Gasteiger partial charge in [-0.1, -0.05) is 47.5 Å². The summed E-state index contributed by atoms with van der Waals surface area (Å²) in [5.41, 5.74) is 2.62. The molecule has 4 nitrogen and oxygen atoms in total. The number of rotatable bonds is 4. The van der Waals surface area contributed by atoms with E-state index in [1.807, 2.05) is 38.1 Å². The molecule has 1 aliphatic heterocycles. The molecule has 0 saturated carbocycles. The fraction of sp³-hybridized carbons (Fsp3) is 0.120. The maximum Gasteiger partial charge on any atom is 0.416 e. The number of halogens is 3. The average molecular weight is 436 g/mol. The molecule has 162 valence electrons. The van der Waals surface area contributed by atoms with Crippen LogP contribution in [-0.4, -0.2) is 11.8 Å². The van der Waals surface area contributed by atoms with Crippen LogP contribution < -0.4 is 10.2 Å². The quantitative estimate of drug-likeness (QED) is 0.533. The zero-order valence-electron chi connectivity index (χ0n) is 17.3. The monoisotopic (exact) mass is 436 g/mol. The second kappa shape index (κ2) is 8.00. The second-order valence-electron chi connectivity index (χ2n) is 7.60. The van der Waals surface area contributed by atoms with Gasteiger partial charge in [0.05, 0.1) is 16.8 Å². The fourth-order valence-electron chi connectivity index (χ4n) is 3.45. The number of carbonyl (C=O) groups is 2. The maximum absolute atomic E-state index is 13.3. The standard InChI is InChI=1S/C25H19F3N2O2/c1-15-3-7-17(8-4-15)21-22(29-19-11-5-16(2)6-12-19)24(32)30(23(21)31)20-13-9-18(10-14-20)25(26,27)28/h3-14,29H,1-2H3. The van der Waals surface area contributed by atoms with Gasteiger partial charge in [-0.3, -0.25) is 9.59 Å². The summed E-state index contributed by atoms with van der Waals surface area (Å²) in [6.45, 7) is 3.83. The number of nitrogens with one attached hydrogen (secondary N) is 1. The normalized spacial score (nSPS) is 14.3. The third-order valence-electron chi connectivity index (χ3n) is 5.20. The van der Waals surface area contributed by atoms with Gasteiger partial charge in [0, 0.05) is 5.69 Å². The summed E-state index contributed by atoms with van der Waals surface area (Å²) in [4.78, 5) is 27.5. The molecule has 1 aliphatic rings. The highest BCUT2D eigenvalue weighted by atomic mass is 19.4. The van der Waals surface area contributed by atoms with Gasteiger partial charge in [0.1, 0.15) is 5.70 Å². The third kappa shape index (κ3) is 4.01. The summed E-state index contributed by atoms with van der Waals surface area (Å²) < 4.78 is 38.8. The molecule has 32 heavy (non-hydrogen) atoms. The van der Waals surface area contributed by atoms with Gasteiger partial charge in [0.2, 0.25) is 0 Å². The summed E-state index contributed by atoms with van der Waals surface area (Å²) >= 11 is 0. The van der Waals surface area contributed by atoms with Crippen LogP contribution in [0.25, 0.3) is 5.57 Å². The van der Waals surface area contributed by atoms with E-state index in [9.17, 15) is 22.8 Å². The van der Waals surface area contributed by atoms with E-state index in [1.165, 1.54) is 0 Å². The van der Waals surface area contributed by atoms with E-state index < -0.39 is 23.6 Å². The van der Waals surface area contributed by atoms with Crippen molar-refractivity contribution in [1.82, 2.24) is 0 Å². The van der Waals surface area contributed by atoms with E-state index >= 15 is 0 Å². The lowest BCUT2D eigenvalue weighted by molar-refractivity contribution is -0.137. The molecule has 0 spiro atoms. The minimum Gasteiger partial charge on any atom is -0.350 e. The van der Waals surface area contributed by atoms with E-state index in [1.54, 1.807) is 24.3 Å². The summed E-state index contributed by atoms with van der Waals surface area (Å²) in [6, 6.07) is 18.4. The number of anilines is 2. The van der Waals surface area contributed by atoms with E-state index in [-0.39, 0.29) is 17.0 Å². The predicted molar refractivity (Wildman–Crippen MR) is 117 cm³/mol. The topological polar surface area (TPSA) is 49.4 Å². The molecular weight excluding hydrogens is 417 g/mol. The molecule has 0 atom stereocenters. The first kappa shape index (κ1) is 21.4. The molecule has 1 heterocycles. The minimum absolute atomic E-state index is 0.0679. The highest BCUT2D eigenvalue weighted by molar-refractivity contribution is 6.46. The number of amides is 2. The molecule has 0 unspecified atom stereocenters. The zero-order chi connectivity index (χ0) is 23.0. The largest absolute Gasteiger partial charge is 0.416 e. The first-order valence-corrected chi connectivity index (χ1v) is 9.86. The van der Waals surface area contributed by atoms with Gasteiger partial charge in [-0.2, -0.15) is 13.2 Å². The van der Waals surface area contributed by atoms with E-state index in [4.69, 9.17) is 0 Å². The van der Waals surface area contributed by atoms with Crippen molar-refractivity contribution in [3.8, 4) is 0 Å². The van der Waals surface area contributed by atoms with Crippen LogP contribution in [0.4, 0.5) is 24.5 Å². The highest BCUT2D eigenvalue weighted by Gasteiger charge is 2.40. The first-order valence-electron chi connectivity index (χ1n) is 9.86. The molecule has 3 aromatic carbocycles. The van der Waals surface area contributed by atoms with E-state index in [0.717, 1.165) is 40.3 Å². The molecule has 4 rings (SSSR count). The Hall–Kier alpha value is -3.87. The molecule has 2 amide bonds. The lowest BCUT2D eigenvalue weighted by atomic mass is 10.0. The molecule has 0 saturated heterocycles. The van der Waals surface area contributed by atoms with Crippen LogP contribution in [0.5, 0.6) is 0 Å². The molecule has 1 N–H and O–H groups in total. The zero-order valence-corrected chi connectivity index (χ0v) is 17.3. The van der Waals surface area contributed by atoms with Crippen molar-refractivity contribution in [2.24, 2.45) is 0 Å². The van der Waals surface area contributed by atoms with Crippen molar-refractivity contribution in [2.45, 2.75) is 20.0 Å². The number of hydrogen-bond donors (Lipinski definition) is 1. The van der Waals surface area contributed by atoms with Crippen LogP contribution >= 0.6 is 0 Å². The van der Waals surface area contributed by atoms with Gasteiger partial charge in [-0.05, 0) is 55.8 Å². The Morgan fingerprint density at radius 2 is 1.25 bits per heavy atom. The molecule has 0 aromatic heterocycles. The van der Waals surface area contributed by atoms with Crippen LogP contribution in [-0.2, 0) is 15.8 Å². The number of aryl methyl sites for hydroxylation is 2. The smallest absolute Gasteiger partial charge is 0.350 e. The van der Waals surface area contributed by atoms with E-state index in [2.05, 4.69) is 5.32 Å². The lowest BCUT2D eigenvalue weighted by Crippen LogP contribution is -2.32. The molecule has 0 fully saturated rings. The Morgan fingerprint density at radius 3 is 1.78 bits per heavy atom. The van der Waals surface area contributed by atoms with Gasteiger partial charge >= 0.3 is 6.18 Å². The van der Waals surface area contributed by atoms with Gasteiger partial charge in [0.25, 0.3) is 11.8 Å². The Morgan fingerprint density at radius 1 is 0.719 bits per heavy atom. The fourth-order valence-corrected chi connectivity index (χ4v) is 3.45. The summed E-state index contributed by atoms with van der Waals surface area (Å²) in [5.74, 6) is -1.24. The van der Waals surface area contributed by atoms with Gasteiger partial charge < -0.3 is 5.32 Å². The summed E-state index contributed by atoms with van der Waals surface area (Å²) in [7, 11) is 0. The first-order chi connectivity index (χ1) is 15.1. The summed E-state index contributed by atoms with van der Waals surface area (Å²) in [5, 5.41) is 3.03. The van der Waals surface area contributed by atoms with Crippen LogP contribution in [0.15, 0.2) is 78.5 Å². The van der Waals surface area contributed by atoms with Crippen molar-refractivity contribution in [2.75, 3.05) is 10.2 Å². The van der Waals surface area contributed by atoms with Crippen molar-refractivity contribution in [1.29, 1.82) is 0 Å². The number of carbonyl (C=O) groups excluding carboxylic acids is 2. The van der Waals surface area contributed by atoms with Gasteiger partial charge in [0.15, 0.2) is 0 Å². The van der Waals surface area contributed by atoms with Crippen molar-refractivity contribution in [3.63, 3.8) is 0 Å². The predicted octanol–water partition coefficient (Wildman–Crippen LogP) is 5.72. The Balaban J connectivity index is 1.77. The SMILES string of the molecule is Cc1ccc(NC2=C(c3ccc(C)cc3)C(=O)N(c3ccc(C(F)(F)F)cc3)C2=O)cc1. The number of alkyl halides is 3. The molecule has 0 bridgehead atoms. The van der Waals surface area contributed by atoms with Crippen LogP contribution in [0, 0.1) is 13.8 Å². The Kier molecular flexibility index (Phi) is 5.34. The Labute approximate surface area is 183 Å². The summed E-state index contributed by atoms with van der Waals surface area (Å²) in [6.07, 6.45) is -4.51. The molecule has 7 heteroatoms. The molecule has 3 aromatic rings. The number of imide groups is 1. The molecular formula is C25H19F3N2O2. The van der Waals surface area contributed by atoms with Crippen molar-refractivity contribution in [3.05, 3.63) is 101 Å². The van der Waals surface area contributed by atoms with Crippen molar-refractivity contribution < 1.29 is 22.8 Å². The van der Waals surface area contributed by atoms with Gasteiger partial charge in [-0.25, -0.2) is 4.90 Å². The maximum atomic E-state index is 13.3. The molecule has 0 radical (unpaired) electrons. The second-order valence-corrected chi connectivity index (χ2v) is 7.60. The van der Waals surface area contributed by atoms with E-state index in [0.29, 0.717) is 11.3 Å². The average Bonchev–Trinajstić information content (AvgIpc) is 2.99. The lowest BCUT2D eigenvalue weighted by Gasteiger charge is -2.16. The van der Waals surface area contributed by atoms with Crippen LogP contribution in [0.2, 0.25) is 0 Å². The van der Waals surface area contributed by atoms with Gasteiger partial charge in [-0.15, -0.1) is 0 Å². The van der Waals surface area contributed by atoms with Crippen LogP contribution in [0.3, 0.4) is 0 Å². The number of nitrogens with zero attached hydrogens (tertiary/aromatic N) is 1. The highest BCUT2D eigenvalue weighted by Crippen LogP contribution is 2.36. The number of benzene rings is 3. The minimum atomic E-state index is -4.51.